The Hall–Kier alpha value is -1.13. The van der Waals surface area contributed by atoms with Crippen molar-refractivity contribution in [2.45, 2.75) is 6.18 Å². The Balaban J connectivity index is 2.82. The highest BCUT2D eigenvalue weighted by Gasteiger charge is 2.43. The van der Waals surface area contributed by atoms with Gasteiger partial charge in [0.25, 0.3) is 5.91 Å². The van der Waals surface area contributed by atoms with Crippen LogP contribution in [0.2, 0.25) is 0 Å². The van der Waals surface area contributed by atoms with E-state index in [0.717, 1.165) is 18.4 Å². The van der Waals surface area contributed by atoms with Gasteiger partial charge in [0, 0.05) is 6.21 Å². The number of hydrogen-bond donors (Lipinski definition) is 0. The third-order valence-corrected chi connectivity index (χ3v) is 1.21. The second kappa shape index (κ2) is 2.48. The second-order valence-electron chi connectivity index (χ2n) is 2.02. The van der Waals surface area contributed by atoms with Crippen molar-refractivity contribution in [1.82, 2.24) is 0 Å². The number of hydrogen-bond acceptors (Lipinski definition) is 1. The molecule has 0 fully saturated rings. The number of amides is 1. The van der Waals surface area contributed by atoms with Crippen LogP contribution in [0, 0.1) is 5.92 Å². The SMILES string of the molecule is O=C1N=CC=CC1C(F)(F)F. The van der Waals surface area contributed by atoms with Gasteiger partial charge in [0.05, 0.1) is 0 Å². The largest absolute Gasteiger partial charge is 0.403 e. The summed E-state index contributed by atoms with van der Waals surface area (Å²) in [7, 11) is 0. The van der Waals surface area contributed by atoms with E-state index in [1.165, 1.54) is 0 Å². The van der Waals surface area contributed by atoms with Crippen LogP contribution < -0.4 is 0 Å². The van der Waals surface area contributed by atoms with Gasteiger partial charge >= 0.3 is 6.18 Å². The van der Waals surface area contributed by atoms with Gasteiger partial charge in [0.1, 0.15) is 0 Å². The van der Waals surface area contributed by atoms with E-state index in [1.54, 1.807) is 0 Å². The number of carbonyl (C=O) groups excluding carboxylic acids is 1. The first-order chi connectivity index (χ1) is 5.02. The van der Waals surface area contributed by atoms with Crippen molar-refractivity contribution >= 4 is 12.1 Å². The molecule has 1 heterocycles. The molecule has 1 aliphatic rings. The van der Waals surface area contributed by atoms with Crippen molar-refractivity contribution in [1.29, 1.82) is 0 Å². The van der Waals surface area contributed by atoms with Crippen molar-refractivity contribution in [2.75, 3.05) is 0 Å². The average Bonchev–Trinajstić information content (AvgIpc) is 1.86. The minimum Gasteiger partial charge on any atom is -0.272 e. The highest BCUT2D eigenvalue weighted by atomic mass is 19.4. The number of alkyl halides is 3. The number of halogens is 3. The molecule has 1 atom stereocenters. The Morgan fingerprint density at radius 1 is 1.45 bits per heavy atom. The predicted octanol–water partition coefficient (Wildman–Crippen LogP) is 1.33. The minimum atomic E-state index is -4.51. The number of dihydropyridines is 1. The summed E-state index contributed by atoms with van der Waals surface area (Å²) < 4.78 is 35.5. The maximum Gasteiger partial charge on any atom is 0.403 e. The fourth-order valence-electron chi connectivity index (χ4n) is 0.689. The molecular weight excluding hydrogens is 159 g/mol. The summed E-state index contributed by atoms with van der Waals surface area (Å²) in [5, 5.41) is 0. The molecule has 0 N–H and O–H groups in total. The van der Waals surface area contributed by atoms with E-state index in [4.69, 9.17) is 0 Å². The third kappa shape index (κ3) is 1.66. The van der Waals surface area contributed by atoms with Gasteiger partial charge in [-0.3, -0.25) is 4.79 Å². The Morgan fingerprint density at radius 3 is 2.45 bits per heavy atom. The summed E-state index contributed by atoms with van der Waals surface area (Å²) in [5.74, 6) is -3.20. The molecule has 0 aromatic carbocycles. The number of rotatable bonds is 0. The lowest BCUT2D eigenvalue weighted by molar-refractivity contribution is -0.170. The predicted molar refractivity (Wildman–Crippen MR) is 32.2 cm³/mol. The molecule has 0 saturated heterocycles. The lowest BCUT2D eigenvalue weighted by Crippen LogP contribution is -2.29. The molecular formula is C6H4F3NO. The van der Waals surface area contributed by atoms with E-state index in [-0.39, 0.29) is 0 Å². The summed E-state index contributed by atoms with van der Waals surface area (Å²) in [6.45, 7) is 0. The lowest BCUT2D eigenvalue weighted by atomic mass is 10.1. The van der Waals surface area contributed by atoms with E-state index >= 15 is 0 Å². The molecule has 1 unspecified atom stereocenters. The van der Waals surface area contributed by atoms with Crippen LogP contribution in [0.3, 0.4) is 0 Å². The van der Waals surface area contributed by atoms with Gasteiger partial charge in [-0.05, 0) is 6.08 Å². The van der Waals surface area contributed by atoms with Crippen LogP contribution >= 0.6 is 0 Å². The molecule has 11 heavy (non-hydrogen) atoms. The van der Waals surface area contributed by atoms with Gasteiger partial charge in [-0.2, -0.15) is 13.2 Å². The number of aliphatic imine (C=N–C) groups is 1. The van der Waals surface area contributed by atoms with Crippen molar-refractivity contribution in [3.63, 3.8) is 0 Å². The number of nitrogens with zero attached hydrogens (tertiary/aromatic N) is 1. The first-order valence-corrected chi connectivity index (χ1v) is 2.83. The van der Waals surface area contributed by atoms with E-state index in [2.05, 4.69) is 4.99 Å². The van der Waals surface area contributed by atoms with Crippen LogP contribution in [0.4, 0.5) is 13.2 Å². The van der Waals surface area contributed by atoms with Gasteiger partial charge in [0.15, 0.2) is 5.92 Å². The van der Waals surface area contributed by atoms with Gasteiger partial charge < -0.3 is 0 Å². The molecule has 1 aliphatic heterocycles. The second-order valence-corrected chi connectivity index (χ2v) is 2.02. The molecule has 2 nitrogen and oxygen atoms in total. The van der Waals surface area contributed by atoms with Crippen LogP contribution in [0.5, 0.6) is 0 Å². The molecule has 0 aromatic heterocycles. The molecule has 0 spiro atoms. The van der Waals surface area contributed by atoms with Gasteiger partial charge in [-0.15, -0.1) is 0 Å². The summed E-state index contributed by atoms with van der Waals surface area (Å²) >= 11 is 0. The molecule has 0 saturated carbocycles. The molecule has 0 aliphatic carbocycles. The van der Waals surface area contributed by atoms with Gasteiger partial charge in [-0.1, -0.05) is 6.08 Å². The minimum absolute atomic E-state index is 0.787. The quantitative estimate of drug-likeness (QED) is 0.529. The van der Waals surface area contributed by atoms with E-state index < -0.39 is 18.0 Å². The maximum atomic E-state index is 11.8. The smallest absolute Gasteiger partial charge is 0.272 e. The van der Waals surface area contributed by atoms with Crippen molar-refractivity contribution < 1.29 is 18.0 Å². The Labute approximate surface area is 60.4 Å². The van der Waals surface area contributed by atoms with Gasteiger partial charge in [0.2, 0.25) is 0 Å². The molecule has 0 bridgehead atoms. The van der Waals surface area contributed by atoms with E-state index in [1.807, 2.05) is 0 Å². The van der Waals surface area contributed by atoms with Crippen LogP contribution in [0.15, 0.2) is 17.1 Å². The van der Waals surface area contributed by atoms with Crippen LogP contribution in [0.25, 0.3) is 0 Å². The maximum absolute atomic E-state index is 11.8. The number of allylic oxidation sites excluding steroid dienone is 1. The summed E-state index contributed by atoms with van der Waals surface area (Å²) in [6.07, 6.45) is -1.56. The zero-order valence-electron chi connectivity index (χ0n) is 5.30. The Bertz CT molecular complexity index is 228. The van der Waals surface area contributed by atoms with Crippen molar-refractivity contribution in [3.8, 4) is 0 Å². The monoisotopic (exact) mass is 163 g/mol. The summed E-state index contributed by atoms with van der Waals surface area (Å²) in [6, 6.07) is 0. The lowest BCUT2D eigenvalue weighted by Gasteiger charge is -2.13. The van der Waals surface area contributed by atoms with Crippen LogP contribution in [-0.2, 0) is 4.79 Å². The first kappa shape index (κ1) is 7.97. The zero-order valence-corrected chi connectivity index (χ0v) is 5.30. The fourth-order valence-corrected chi connectivity index (χ4v) is 0.689. The van der Waals surface area contributed by atoms with E-state index in [9.17, 15) is 18.0 Å². The summed E-state index contributed by atoms with van der Waals surface area (Å²) in [5.41, 5.74) is 0. The topological polar surface area (TPSA) is 29.4 Å². The fraction of sp³-hybridized carbons (Fsp3) is 0.333. The third-order valence-electron chi connectivity index (χ3n) is 1.21. The molecule has 0 aromatic rings. The Kier molecular flexibility index (Phi) is 1.80. The first-order valence-electron chi connectivity index (χ1n) is 2.83. The van der Waals surface area contributed by atoms with Crippen LogP contribution in [0.1, 0.15) is 0 Å². The number of carbonyl (C=O) groups is 1. The highest BCUT2D eigenvalue weighted by Crippen LogP contribution is 2.29. The van der Waals surface area contributed by atoms with Crippen molar-refractivity contribution in [2.24, 2.45) is 10.9 Å². The van der Waals surface area contributed by atoms with Gasteiger partial charge in [-0.25, -0.2) is 4.99 Å². The molecule has 60 valence electrons. The highest BCUT2D eigenvalue weighted by molar-refractivity contribution is 5.94. The molecule has 5 heteroatoms. The molecule has 1 amide bonds. The van der Waals surface area contributed by atoms with Crippen molar-refractivity contribution in [3.05, 3.63) is 12.2 Å². The van der Waals surface area contributed by atoms with Crippen LogP contribution in [-0.4, -0.2) is 18.3 Å². The Morgan fingerprint density at radius 2 is 2.09 bits per heavy atom. The molecule has 0 radical (unpaired) electrons. The summed E-state index contributed by atoms with van der Waals surface area (Å²) in [4.78, 5) is 13.5. The zero-order chi connectivity index (χ0) is 8.48. The average molecular weight is 163 g/mol. The van der Waals surface area contributed by atoms with E-state index in [0.29, 0.717) is 0 Å². The standard InChI is InChI=1S/C6H4F3NO/c7-6(8,9)4-2-1-3-10-5(4)11/h1-4H. The molecule has 1 rings (SSSR count). The normalized spacial score (nSPS) is 24.3.